The van der Waals surface area contributed by atoms with Gasteiger partial charge in [-0.25, -0.2) is 13.9 Å². The van der Waals surface area contributed by atoms with E-state index in [2.05, 4.69) is 10.4 Å². The summed E-state index contributed by atoms with van der Waals surface area (Å²) in [6, 6.07) is 14.4. The van der Waals surface area contributed by atoms with E-state index >= 15 is 0 Å². The number of carbonyl (C=O) groups is 1. The summed E-state index contributed by atoms with van der Waals surface area (Å²) in [4.78, 5) is 39.3. The number of benzene rings is 2. The molecule has 0 saturated carbocycles. The fourth-order valence-electron chi connectivity index (χ4n) is 3.79. The maximum atomic E-state index is 13.4. The second-order valence-electron chi connectivity index (χ2n) is 8.73. The van der Waals surface area contributed by atoms with Gasteiger partial charge in [0.1, 0.15) is 0 Å². The van der Waals surface area contributed by atoms with Crippen LogP contribution in [0.5, 0.6) is 0 Å². The monoisotopic (exact) mass is 433 g/mol. The predicted octanol–water partition coefficient (Wildman–Crippen LogP) is 2.65. The van der Waals surface area contributed by atoms with E-state index in [1.807, 2.05) is 58.0 Å². The topological polar surface area (TPSA) is 90.4 Å². The first-order valence-electron chi connectivity index (χ1n) is 10.8. The Balaban J connectivity index is 2.00. The van der Waals surface area contributed by atoms with E-state index in [9.17, 15) is 14.4 Å². The molecule has 4 aromatic rings. The highest BCUT2D eigenvalue weighted by Crippen LogP contribution is 2.15. The zero-order valence-corrected chi connectivity index (χ0v) is 18.7. The van der Waals surface area contributed by atoms with E-state index < -0.39 is 0 Å². The summed E-state index contributed by atoms with van der Waals surface area (Å²) in [6.45, 7) is 8.47. The quantitative estimate of drug-likeness (QED) is 0.506. The molecular formula is C24H27N5O3. The molecular weight excluding hydrogens is 406 g/mol. The normalized spacial score (nSPS) is 11.7. The van der Waals surface area contributed by atoms with Gasteiger partial charge in [0, 0.05) is 18.2 Å². The number of rotatable bonds is 6. The lowest BCUT2D eigenvalue weighted by Crippen LogP contribution is -2.31. The van der Waals surface area contributed by atoms with Gasteiger partial charge in [-0.3, -0.25) is 14.2 Å². The molecule has 166 valence electrons. The molecule has 2 aromatic heterocycles. The Morgan fingerprint density at radius 1 is 1.03 bits per heavy atom. The van der Waals surface area contributed by atoms with Gasteiger partial charge < -0.3 is 5.32 Å². The molecule has 0 fully saturated rings. The average Bonchev–Trinajstić information content (AvgIpc) is 3.07. The lowest BCUT2D eigenvalue weighted by atomic mass is 10.1. The van der Waals surface area contributed by atoms with Gasteiger partial charge in [-0.1, -0.05) is 44.2 Å². The lowest BCUT2D eigenvalue weighted by molar-refractivity contribution is 0.0943. The van der Waals surface area contributed by atoms with Crippen LogP contribution in [0.2, 0.25) is 0 Å². The molecule has 1 amide bonds. The highest BCUT2D eigenvalue weighted by Gasteiger charge is 2.19. The molecule has 2 aromatic carbocycles. The molecule has 32 heavy (non-hydrogen) atoms. The van der Waals surface area contributed by atoms with E-state index in [-0.39, 0.29) is 41.4 Å². The van der Waals surface area contributed by atoms with Gasteiger partial charge in [0.15, 0.2) is 0 Å². The van der Waals surface area contributed by atoms with Gasteiger partial charge in [-0.05, 0) is 43.5 Å². The van der Waals surface area contributed by atoms with Crippen LogP contribution >= 0.6 is 0 Å². The first kappa shape index (κ1) is 21.5. The van der Waals surface area contributed by atoms with Crippen LogP contribution in [0.3, 0.4) is 0 Å². The molecule has 0 aliphatic carbocycles. The second kappa shape index (κ2) is 8.45. The minimum Gasteiger partial charge on any atom is -0.350 e. The summed E-state index contributed by atoms with van der Waals surface area (Å²) < 4.78 is 4.35. The highest BCUT2D eigenvalue weighted by atomic mass is 16.2. The van der Waals surface area contributed by atoms with Crippen LogP contribution in [0.15, 0.2) is 58.1 Å². The van der Waals surface area contributed by atoms with Gasteiger partial charge >= 0.3 is 5.69 Å². The van der Waals surface area contributed by atoms with Crippen LogP contribution in [0.4, 0.5) is 0 Å². The van der Waals surface area contributed by atoms with Crippen LogP contribution in [-0.2, 0) is 13.1 Å². The Hall–Kier alpha value is -3.68. The number of nitrogens with zero attached hydrogens (tertiary/aromatic N) is 4. The second-order valence-corrected chi connectivity index (χ2v) is 8.73. The molecule has 4 rings (SSSR count). The van der Waals surface area contributed by atoms with Crippen molar-refractivity contribution in [2.24, 2.45) is 5.92 Å². The number of nitrogens with one attached hydrogen (secondary N) is 1. The summed E-state index contributed by atoms with van der Waals surface area (Å²) in [5, 5.41) is 7.75. The van der Waals surface area contributed by atoms with Crippen molar-refractivity contribution in [2.45, 2.75) is 46.8 Å². The molecule has 0 radical (unpaired) electrons. The number of amides is 1. The zero-order valence-electron chi connectivity index (χ0n) is 18.7. The molecule has 0 spiro atoms. The summed E-state index contributed by atoms with van der Waals surface area (Å²) in [6.07, 6.45) is 0. The average molecular weight is 434 g/mol. The minimum absolute atomic E-state index is 0.0337. The van der Waals surface area contributed by atoms with Crippen LogP contribution in [0.1, 0.15) is 43.6 Å². The third-order valence-electron chi connectivity index (χ3n) is 5.18. The molecule has 0 atom stereocenters. The lowest BCUT2D eigenvalue weighted by Gasteiger charge is -2.13. The Bertz CT molecular complexity index is 1410. The van der Waals surface area contributed by atoms with E-state index in [1.54, 1.807) is 22.8 Å². The Morgan fingerprint density at radius 2 is 1.75 bits per heavy atom. The summed E-state index contributed by atoms with van der Waals surface area (Å²) >= 11 is 0. The molecule has 8 nitrogen and oxygen atoms in total. The third kappa shape index (κ3) is 3.95. The molecule has 8 heteroatoms. The number of aromatic nitrogens is 4. The van der Waals surface area contributed by atoms with Crippen LogP contribution in [-0.4, -0.2) is 30.7 Å². The summed E-state index contributed by atoms with van der Waals surface area (Å²) in [7, 11) is 0. The van der Waals surface area contributed by atoms with E-state index in [0.717, 1.165) is 5.56 Å². The summed E-state index contributed by atoms with van der Waals surface area (Å²) in [5.74, 6) is 0.198. The van der Waals surface area contributed by atoms with Crippen molar-refractivity contribution in [2.75, 3.05) is 0 Å². The van der Waals surface area contributed by atoms with E-state index in [1.165, 1.54) is 9.08 Å². The number of fused-ring (bicyclic) bond motifs is 3. The first-order chi connectivity index (χ1) is 15.3. The van der Waals surface area contributed by atoms with Gasteiger partial charge in [-0.15, -0.1) is 5.10 Å². The summed E-state index contributed by atoms with van der Waals surface area (Å²) in [5.41, 5.74) is 1.11. The van der Waals surface area contributed by atoms with Crippen molar-refractivity contribution in [3.05, 3.63) is 80.5 Å². The van der Waals surface area contributed by atoms with Crippen molar-refractivity contribution >= 4 is 22.6 Å². The molecule has 0 unspecified atom stereocenters. The number of hydrogen-bond acceptors (Lipinski definition) is 4. The van der Waals surface area contributed by atoms with Crippen molar-refractivity contribution in [1.29, 1.82) is 0 Å². The van der Waals surface area contributed by atoms with Crippen LogP contribution in [0, 0.1) is 5.92 Å². The number of carbonyl (C=O) groups excluding carboxylic acids is 1. The maximum absolute atomic E-state index is 13.4. The third-order valence-corrected chi connectivity index (χ3v) is 5.18. The zero-order chi connectivity index (χ0) is 23.0. The van der Waals surface area contributed by atoms with E-state index in [0.29, 0.717) is 23.0 Å². The Kier molecular flexibility index (Phi) is 5.69. The molecule has 0 aliphatic heterocycles. The molecule has 1 N–H and O–H groups in total. The molecule has 0 bridgehead atoms. The fourth-order valence-corrected chi connectivity index (χ4v) is 3.79. The van der Waals surface area contributed by atoms with Crippen LogP contribution in [0.25, 0.3) is 16.7 Å². The minimum atomic E-state index is -0.354. The van der Waals surface area contributed by atoms with Crippen molar-refractivity contribution in [3.63, 3.8) is 0 Å². The molecule has 0 aliphatic rings. The highest BCUT2D eigenvalue weighted by molar-refractivity contribution is 5.98. The number of hydrogen-bond donors (Lipinski definition) is 1. The molecule has 2 heterocycles. The largest absolute Gasteiger partial charge is 0.352 e. The maximum Gasteiger partial charge on any atom is 0.352 e. The van der Waals surface area contributed by atoms with E-state index in [4.69, 9.17) is 0 Å². The Morgan fingerprint density at radius 3 is 2.41 bits per heavy atom. The molecule has 0 saturated heterocycles. The standard InChI is InChI=1S/C24H27N5O3/c1-15(2)13-27-22(31)19-11-10-18(21(30)25-16(3)4)12-20(19)29-23(27)26-28(24(29)32)14-17-8-6-5-7-9-17/h5-12,15-16H,13-14H2,1-4H3,(H,25,30). The van der Waals surface area contributed by atoms with Gasteiger partial charge in [-0.2, -0.15) is 0 Å². The van der Waals surface area contributed by atoms with Crippen molar-refractivity contribution in [1.82, 2.24) is 24.1 Å². The van der Waals surface area contributed by atoms with Gasteiger partial charge in [0.2, 0.25) is 5.78 Å². The Labute approximate surface area is 185 Å². The smallest absolute Gasteiger partial charge is 0.350 e. The van der Waals surface area contributed by atoms with Gasteiger partial charge in [0.25, 0.3) is 11.5 Å². The predicted molar refractivity (Wildman–Crippen MR) is 124 cm³/mol. The van der Waals surface area contributed by atoms with Crippen LogP contribution < -0.4 is 16.6 Å². The van der Waals surface area contributed by atoms with Gasteiger partial charge in [0.05, 0.1) is 17.4 Å². The van der Waals surface area contributed by atoms with Crippen molar-refractivity contribution < 1.29 is 4.79 Å². The SMILES string of the molecule is CC(C)Cn1c(=O)c2ccc(C(=O)NC(C)C)cc2n2c(=O)n(Cc3ccccc3)nc12. The van der Waals surface area contributed by atoms with Crippen molar-refractivity contribution in [3.8, 4) is 0 Å². The first-order valence-corrected chi connectivity index (χ1v) is 10.8. The fraction of sp³-hybridized carbons (Fsp3) is 0.333.